The summed E-state index contributed by atoms with van der Waals surface area (Å²) in [7, 11) is 1.85. The molecule has 7 nitrogen and oxygen atoms in total. The van der Waals surface area contributed by atoms with E-state index in [1.54, 1.807) is 0 Å². The van der Waals surface area contributed by atoms with Gasteiger partial charge in [-0.2, -0.15) is 0 Å². The maximum atomic E-state index is 12.8. The molecule has 0 aliphatic heterocycles. The minimum Gasteiger partial charge on any atom is -0.342 e. The molecule has 0 fully saturated rings. The highest BCUT2D eigenvalue weighted by molar-refractivity contribution is 9.10. The first-order chi connectivity index (χ1) is 16.1. The first-order valence-electron chi connectivity index (χ1n) is 11.0. The minimum absolute atomic E-state index is 0.0991. The molecule has 0 aliphatic carbocycles. The van der Waals surface area contributed by atoms with E-state index in [9.17, 15) is 9.59 Å². The molecule has 2 amide bonds. The van der Waals surface area contributed by atoms with E-state index >= 15 is 0 Å². The van der Waals surface area contributed by atoms with E-state index in [1.807, 2.05) is 82.6 Å². The molecule has 3 aromatic rings. The third kappa shape index (κ3) is 6.07. The van der Waals surface area contributed by atoms with Crippen molar-refractivity contribution < 1.29 is 9.59 Å². The van der Waals surface area contributed by atoms with Crippen LogP contribution in [0, 0.1) is 26.7 Å². The summed E-state index contributed by atoms with van der Waals surface area (Å²) >= 11 is 4.82. The van der Waals surface area contributed by atoms with Gasteiger partial charge in [-0.15, -0.1) is 10.2 Å². The largest absolute Gasteiger partial charge is 0.342 e. The van der Waals surface area contributed by atoms with Crippen LogP contribution < -0.4 is 10.6 Å². The maximum Gasteiger partial charge on any atom is 0.251 e. The van der Waals surface area contributed by atoms with Crippen LogP contribution in [0.2, 0.25) is 0 Å². The van der Waals surface area contributed by atoms with Crippen LogP contribution in [-0.2, 0) is 11.8 Å². The third-order valence-electron chi connectivity index (χ3n) is 5.74. The van der Waals surface area contributed by atoms with Crippen LogP contribution >= 0.6 is 27.7 Å². The van der Waals surface area contributed by atoms with Crippen LogP contribution in [0.25, 0.3) is 0 Å². The first kappa shape index (κ1) is 26.0. The molecule has 0 unspecified atom stereocenters. The molecule has 180 valence electrons. The molecule has 1 heterocycles. The second-order valence-electron chi connectivity index (χ2n) is 8.64. The van der Waals surface area contributed by atoms with Crippen molar-refractivity contribution in [2.24, 2.45) is 13.0 Å². The summed E-state index contributed by atoms with van der Waals surface area (Å²) in [5, 5.41) is 15.3. The fourth-order valence-electron chi connectivity index (χ4n) is 3.42. The highest BCUT2D eigenvalue weighted by atomic mass is 79.9. The van der Waals surface area contributed by atoms with Gasteiger partial charge in [0.25, 0.3) is 5.91 Å². The molecule has 1 aromatic heterocycles. The van der Waals surface area contributed by atoms with Crippen molar-refractivity contribution in [1.82, 2.24) is 20.1 Å². The van der Waals surface area contributed by atoms with Crippen molar-refractivity contribution in [3.63, 3.8) is 0 Å². The summed E-state index contributed by atoms with van der Waals surface area (Å²) in [5.74, 6) is 0.672. The number of nitrogens with one attached hydrogen (secondary N) is 2. The molecule has 0 radical (unpaired) electrons. The van der Waals surface area contributed by atoms with Gasteiger partial charge < -0.3 is 15.2 Å². The van der Waals surface area contributed by atoms with Gasteiger partial charge >= 0.3 is 0 Å². The summed E-state index contributed by atoms with van der Waals surface area (Å²) in [6, 6.07) is 11.0. The van der Waals surface area contributed by atoms with Crippen LogP contribution in [0.15, 0.2) is 46.0 Å². The molecule has 0 saturated carbocycles. The van der Waals surface area contributed by atoms with Gasteiger partial charge in [-0.05, 0) is 62.1 Å². The Kier molecular flexibility index (Phi) is 8.54. The second kappa shape index (κ2) is 11.2. The number of carbonyl (C=O) groups is 2. The highest BCUT2D eigenvalue weighted by Crippen LogP contribution is 2.27. The molecule has 0 saturated heterocycles. The monoisotopic (exact) mass is 543 g/mol. The quantitative estimate of drug-likeness (QED) is 0.373. The summed E-state index contributed by atoms with van der Waals surface area (Å²) in [5.41, 5.74) is 4.61. The molecule has 34 heavy (non-hydrogen) atoms. The summed E-state index contributed by atoms with van der Waals surface area (Å²) in [4.78, 5) is 25.4. The molecule has 0 spiro atoms. The van der Waals surface area contributed by atoms with Gasteiger partial charge in [0, 0.05) is 22.8 Å². The molecular weight excluding hydrogens is 514 g/mol. The highest BCUT2D eigenvalue weighted by Gasteiger charge is 2.25. The summed E-state index contributed by atoms with van der Waals surface area (Å²) in [6.07, 6.45) is 0. The van der Waals surface area contributed by atoms with E-state index in [0.717, 1.165) is 26.9 Å². The number of amides is 2. The van der Waals surface area contributed by atoms with E-state index in [2.05, 4.69) is 36.8 Å². The number of nitrogens with zero attached hydrogens (tertiary/aromatic N) is 3. The Morgan fingerprint density at radius 3 is 2.35 bits per heavy atom. The van der Waals surface area contributed by atoms with Gasteiger partial charge in [0.15, 0.2) is 11.0 Å². The Morgan fingerprint density at radius 1 is 1.03 bits per heavy atom. The van der Waals surface area contributed by atoms with Gasteiger partial charge in [0.1, 0.15) is 0 Å². The number of carbonyl (C=O) groups excluding carboxylic acids is 2. The third-order valence-corrected chi connectivity index (χ3v) is 7.62. The van der Waals surface area contributed by atoms with Crippen LogP contribution in [-0.4, -0.2) is 32.3 Å². The lowest BCUT2D eigenvalue weighted by atomic mass is 10.0. The average Bonchev–Trinajstić information content (AvgIpc) is 3.16. The summed E-state index contributed by atoms with van der Waals surface area (Å²) < 4.78 is 2.85. The van der Waals surface area contributed by atoms with Crippen LogP contribution in [0.5, 0.6) is 0 Å². The number of rotatable bonds is 8. The van der Waals surface area contributed by atoms with Crippen molar-refractivity contribution in [2.75, 3.05) is 11.1 Å². The number of hydrogen-bond acceptors (Lipinski definition) is 5. The Morgan fingerprint density at radius 2 is 1.71 bits per heavy atom. The number of aryl methyl sites for hydroxylation is 1. The predicted octanol–water partition coefficient (Wildman–Crippen LogP) is 5.36. The topological polar surface area (TPSA) is 88.9 Å². The van der Waals surface area contributed by atoms with Crippen molar-refractivity contribution in [3.8, 4) is 0 Å². The molecule has 1 atom stereocenters. The Bertz CT molecular complexity index is 1190. The molecule has 9 heteroatoms. The van der Waals surface area contributed by atoms with Crippen molar-refractivity contribution in [1.29, 1.82) is 0 Å². The van der Waals surface area contributed by atoms with Gasteiger partial charge in [-0.3, -0.25) is 9.59 Å². The number of halogens is 1. The summed E-state index contributed by atoms with van der Waals surface area (Å²) in [6.45, 7) is 10.0. The number of anilines is 1. The lowest BCUT2D eigenvalue weighted by Crippen LogP contribution is -2.33. The SMILES string of the molecule is Cc1ccc(C(=O)N[C@@H](c2nnc(SCC(=O)Nc3ccc(Br)c(C)c3C)n2C)C(C)C)cc1. The van der Waals surface area contributed by atoms with Gasteiger partial charge in [-0.25, -0.2) is 0 Å². The van der Waals surface area contributed by atoms with Crippen molar-refractivity contribution in [2.45, 2.75) is 45.8 Å². The van der Waals surface area contributed by atoms with Crippen molar-refractivity contribution in [3.05, 3.63) is 68.9 Å². The lowest BCUT2D eigenvalue weighted by molar-refractivity contribution is -0.113. The molecule has 0 aliphatic rings. The average molecular weight is 545 g/mol. The fourth-order valence-corrected chi connectivity index (χ4v) is 4.57. The zero-order valence-electron chi connectivity index (χ0n) is 20.3. The fraction of sp³-hybridized carbons (Fsp3) is 0.360. The normalized spacial score (nSPS) is 12.0. The van der Waals surface area contributed by atoms with Crippen LogP contribution in [0.1, 0.15) is 52.8 Å². The minimum atomic E-state index is -0.317. The molecule has 0 bridgehead atoms. The van der Waals surface area contributed by atoms with Crippen LogP contribution in [0.3, 0.4) is 0 Å². The number of aromatic nitrogens is 3. The number of hydrogen-bond donors (Lipinski definition) is 2. The van der Waals surface area contributed by atoms with Gasteiger partial charge in [-0.1, -0.05) is 59.2 Å². The lowest BCUT2D eigenvalue weighted by Gasteiger charge is -2.21. The first-order valence-corrected chi connectivity index (χ1v) is 12.8. The van der Waals surface area contributed by atoms with E-state index in [-0.39, 0.29) is 29.5 Å². The Balaban J connectivity index is 1.67. The van der Waals surface area contributed by atoms with Crippen molar-refractivity contribution >= 4 is 45.2 Å². The van der Waals surface area contributed by atoms with Gasteiger partial charge in [0.2, 0.25) is 5.91 Å². The molecule has 3 rings (SSSR count). The van der Waals surface area contributed by atoms with E-state index in [1.165, 1.54) is 11.8 Å². The zero-order valence-corrected chi connectivity index (χ0v) is 22.7. The predicted molar refractivity (Wildman–Crippen MR) is 140 cm³/mol. The van der Waals surface area contributed by atoms with Crippen LogP contribution in [0.4, 0.5) is 5.69 Å². The maximum absolute atomic E-state index is 12.8. The number of benzene rings is 2. The van der Waals surface area contributed by atoms with E-state index in [0.29, 0.717) is 16.5 Å². The molecule has 2 aromatic carbocycles. The molecular formula is C25H30BrN5O2S. The number of thioether (sulfide) groups is 1. The van der Waals surface area contributed by atoms with E-state index < -0.39 is 0 Å². The standard InChI is InChI=1S/C25H30BrN5O2S/c1-14(2)22(28-24(33)18-9-7-15(3)8-10-18)23-29-30-25(31(23)6)34-13-21(32)27-20-12-11-19(26)16(4)17(20)5/h7-12,14,22H,13H2,1-6H3,(H,27,32)(H,28,33)/t22-/m1/s1. The smallest absolute Gasteiger partial charge is 0.251 e. The Hall–Kier alpha value is -2.65. The van der Waals surface area contributed by atoms with E-state index in [4.69, 9.17) is 0 Å². The zero-order chi connectivity index (χ0) is 25.0. The second-order valence-corrected chi connectivity index (χ2v) is 10.4. The Labute approximate surface area is 213 Å². The molecule has 2 N–H and O–H groups in total. The van der Waals surface area contributed by atoms with Gasteiger partial charge in [0.05, 0.1) is 11.8 Å².